The highest BCUT2D eigenvalue weighted by Crippen LogP contribution is 2.35. The zero-order valence-corrected chi connectivity index (χ0v) is 15.9. The molecule has 0 spiro atoms. The third kappa shape index (κ3) is 3.54. The van der Waals surface area contributed by atoms with Crippen molar-refractivity contribution in [1.82, 2.24) is 0 Å². The van der Waals surface area contributed by atoms with Crippen LogP contribution in [0.3, 0.4) is 0 Å². The molecule has 3 heterocycles. The average molecular weight is 387 g/mol. The van der Waals surface area contributed by atoms with E-state index in [-0.39, 0.29) is 5.91 Å². The van der Waals surface area contributed by atoms with E-state index >= 15 is 0 Å². The molecule has 0 bridgehead atoms. The Morgan fingerprint density at radius 1 is 1.07 bits per heavy atom. The lowest BCUT2D eigenvalue weighted by Gasteiger charge is -2.28. The molecule has 3 aromatic rings. The predicted molar refractivity (Wildman–Crippen MR) is 113 cm³/mol. The van der Waals surface area contributed by atoms with Gasteiger partial charge in [0, 0.05) is 36.2 Å². The third-order valence-corrected chi connectivity index (χ3v) is 5.33. The Kier molecular flexibility index (Phi) is 4.62. The van der Waals surface area contributed by atoms with Gasteiger partial charge in [-0.3, -0.25) is 9.79 Å². The lowest BCUT2D eigenvalue weighted by atomic mass is 10.00. The zero-order chi connectivity index (χ0) is 19.6. The number of anilines is 2. The molecule has 1 unspecified atom stereocenters. The van der Waals surface area contributed by atoms with Gasteiger partial charge in [0.1, 0.15) is 11.7 Å². The van der Waals surface area contributed by atoms with Crippen LogP contribution in [0.25, 0.3) is 11.3 Å². The molecule has 6 nitrogen and oxygen atoms in total. The smallest absolute Gasteiger partial charge is 0.237 e. The molecule has 5 rings (SSSR count). The number of nitrogens with zero attached hydrogens (tertiary/aromatic N) is 2. The van der Waals surface area contributed by atoms with Gasteiger partial charge in [-0.15, -0.1) is 0 Å². The van der Waals surface area contributed by atoms with Crippen molar-refractivity contribution in [2.24, 2.45) is 4.99 Å². The summed E-state index contributed by atoms with van der Waals surface area (Å²) in [5.41, 5.74) is 4.67. The van der Waals surface area contributed by atoms with E-state index in [1.807, 2.05) is 42.5 Å². The number of ether oxygens (including phenoxy) is 1. The van der Waals surface area contributed by atoms with Crippen LogP contribution in [-0.2, 0) is 9.53 Å². The van der Waals surface area contributed by atoms with E-state index in [4.69, 9.17) is 9.15 Å². The van der Waals surface area contributed by atoms with E-state index in [1.54, 1.807) is 12.5 Å². The molecule has 6 heteroatoms. The molecular formula is C23H21N3O3. The topological polar surface area (TPSA) is 67.1 Å². The number of morpholine rings is 1. The monoisotopic (exact) mass is 387 g/mol. The fraction of sp³-hybridized carbons (Fsp3) is 0.217. The number of carbonyl (C=O) groups is 1. The van der Waals surface area contributed by atoms with E-state index in [2.05, 4.69) is 27.3 Å². The highest BCUT2D eigenvalue weighted by Gasteiger charge is 2.29. The normalized spacial score (nSPS) is 18.8. The lowest BCUT2D eigenvalue weighted by molar-refractivity contribution is -0.115. The van der Waals surface area contributed by atoms with Gasteiger partial charge in [-0.25, -0.2) is 0 Å². The van der Waals surface area contributed by atoms with E-state index in [1.165, 1.54) is 5.69 Å². The van der Waals surface area contributed by atoms with E-state index in [9.17, 15) is 4.79 Å². The summed E-state index contributed by atoms with van der Waals surface area (Å²) < 4.78 is 10.8. The molecule has 1 fully saturated rings. The number of amides is 1. The average Bonchev–Trinajstić information content (AvgIpc) is 3.40. The summed E-state index contributed by atoms with van der Waals surface area (Å²) in [4.78, 5) is 19.3. The SMILES string of the molecule is O=C1Nc2cc(-c3ccco3)ccc2C1C=Nc1ccc(N2CCOCC2)cc1. The van der Waals surface area contributed by atoms with Crippen LogP contribution in [0, 0.1) is 0 Å². The van der Waals surface area contributed by atoms with Crippen molar-refractivity contribution in [3.8, 4) is 11.3 Å². The second-order valence-electron chi connectivity index (χ2n) is 7.14. The molecule has 1 saturated heterocycles. The van der Waals surface area contributed by atoms with Gasteiger partial charge < -0.3 is 19.4 Å². The Balaban J connectivity index is 1.33. The van der Waals surface area contributed by atoms with E-state index in [0.29, 0.717) is 0 Å². The van der Waals surface area contributed by atoms with Gasteiger partial charge in [-0.1, -0.05) is 12.1 Å². The lowest BCUT2D eigenvalue weighted by Crippen LogP contribution is -2.36. The number of rotatable bonds is 4. The van der Waals surface area contributed by atoms with Crippen LogP contribution in [0.5, 0.6) is 0 Å². The second-order valence-corrected chi connectivity index (χ2v) is 7.14. The van der Waals surface area contributed by atoms with E-state index < -0.39 is 5.92 Å². The molecule has 1 N–H and O–H groups in total. The Hall–Kier alpha value is -3.38. The minimum absolute atomic E-state index is 0.0646. The number of hydrogen-bond donors (Lipinski definition) is 1. The quantitative estimate of drug-likeness (QED) is 0.681. The van der Waals surface area contributed by atoms with Gasteiger partial charge in [0.05, 0.1) is 25.2 Å². The molecule has 2 aromatic carbocycles. The van der Waals surface area contributed by atoms with Gasteiger partial charge >= 0.3 is 0 Å². The first-order valence-electron chi connectivity index (χ1n) is 9.73. The molecule has 2 aliphatic rings. The third-order valence-electron chi connectivity index (χ3n) is 5.33. The molecule has 1 amide bonds. The maximum absolute atomic E-state index is 12.5. The summed E-state index contributed by atoms with van der Waals surface area (Å²) in [6.45, 7) is 3.33. The fourth-order valence-electron chi connectivity index (χ4n) is 3.76. The molecule has 29 heavy (non-hydrogen) atoms. The number of nitrogens with one attached hydrogen (secondary N) is 1. The molecule has 0 aliphatic carbocycles. The molecule has 1 atom stereocenters. The molecule has 146 valence electrons. The summed E-state index contributed by atoms with van der Waals surface area (Å²) in [6, 6.07) is 17.7. The van der Waals surface area contributed by atoms with Crippen LogP contribution < -0.4 is 10.2 Å². The Morgan fingerprint density at radius 2 is 1.90 bits per heavy atom. The van der Waals surface area contributed by atoms with Gasteiger partial charge in [0.15, 0.2) is 0 Å². The maximum atomic E-state index is 12.5. The minimum Gasteiger partial charge on any atom is -0.464 e. The van der Waals surface area contributed by atoms with Gasteiger partial charge in [-0.05, 0) is 48.0 Å². The van der Waals surface area contributed by atoms with Crippen LogP contribution in [-0.4, -0.2) is 38.4 Å². The molecule has 2 aliphatic heterocycles. The number of fused-ring (bicyclic) bond motifs is 1. The first-order valence-corrected chi connectivity index (χ1v) is 9.73. The first kappa shape index (κ1) is 17.7. The second kappa shape index (κ2) is 7.56. The van der Waals surface area contributed by atoms with Crippen LogP contribution >= 0.6 is 0 Å². The van der Waals surface area contributed by atoms with Crippen molar-refractivity contribution >= 4 is 29.2 Å². The van der Waals surface area contributed by atoms with Gasteiger partial charge in [0.2, 0.25) is 5.91 Å². The molecule has 0 saturated carbocycles. The van der Waals surface area contributed by atoms with Gasteiger partial charge in [-0.2, -0.15) is 0 Å². The van der Waals surface area contributed by atoms with E-state index in [0.717, 1.165) is 54.6 Å². The number of carbonyl (C=O) groups excluding carboxylic acids is 1. The Bertz CT molecular complexity index is 1040. The number of hydrogen-bond acceptors (Lipinski definition) is 5. The van der Waals surface area contributed by atoms with Crippen molar-refractivity contribution in [2.45, 2.75) is 5.92 Å². The molecular weight excluding hydrogens is 366 g/mol. The van der Waals surface area contributed by atoms with Crippen LogP contribution in [0.2, 0.25) is 0 Å². The molecule has 0 radical (unpaired) electrons. The first-order chi connectivity index (χ1) is 14.3. The number of aliphatic imine (C=N–C) groups is 1. The minimum atomic E-state index is -0.394. The maximum Gasteiger partial charge on any atom is 0.237 e. The fourth-order valence-corrected chi connectivity index (χ4v) is 3.76. The Labute approximate surface area is 168 Å². The standard InChI is InChI=1S/C23H21N3O3/c27-23-20(19-8-3-16(14-21(19)25-23)22-2-1-11-29-22)15-24-17-4-6-18(7-5-17)26-9-12-28-13-10-26/h1-8,11,14-15,20H,9-10,12-13H2,(H,25,27). The van der Waals surface area contributed by atoms with Gasteiger partial charge in [0.25, 0.3) is 0 Å². The highest BCUT2D eigenvalue weighted by molar-refractivity contribution is 6.13. The van der Waals surface area contributed by atoms with Crippen molar-refractivity contribution < 1.29 is 13.9 Å². The van der Waals surface area contributed by atoms with Crippen molar-refractivity contribution in [1.29, 1.82) is 0 Å². The summed E-state index contributed by atoms with van der Waals surface area (Å²) in [5, 5.41) is 2.95. The van der Waals surface area contributed by atoms with Crippen LogP contribution in [0.1, 0.15) is 11.5 Å². The van der Waals surface area contributed by atoms with Crippen LogP contribution in [0.15, 0.2) is 70.3 Å². The van der Waals surface area contributed by atoms with Crippen molar-refractivity contribution in [3.05, 3.63) is 66.4 Å². The number of benzene rings is 2. The number of furan rings is 1. The van der Waals surface area contributed by atoms with Crippen molar-refractivity contribution in [2.75, 3.05) is 36.5 Å². The summed E-state index contributed by atoms with van der Waals surface area (Å²) >= 11 is 0. The summed E-state index contributed by atoms with van der Waals surface area (Å²) in [5.74, 6) is 0.319. The summed E-state index contributed by atoms with van der Waals surface area (Å²) in [7, 11) is 0. The largest absolute Gasteiger partial charge is 0.464 e. The highest BCUT2D eigenvalue weighted by atomic mass is 16.5. The predicted octanol–water partition coefficient (Wildman–Crippen LogP) is 4.22. The Morgan fingerprint density at radius 3 is 2.66 bits per heavy atom. The van der Waals surface area contributed by atoms with Crippen LogP contribution in [0.4, 0.5) is 17.1 Å². The summed E-state index contributed by atoms with van der Waals surface area (Å²) in [6.07, 6.45) is 3.36. The zero-order valence-electron chi connectivity index (χ0n) is 15.9. The van der Waals surface area contributed by atoms with Crippen molar-refractivity contribution in [3.63, 3.8) is 0 Å². The molecule has 1 aromatic heterocycles.